The number of hydrogen-bond acceptors (Lipinski definition) is 1. The molecule has 0 saturated carbocycles. The average molecular weight is 287 g/mol. The third-order valence-corrected chi connectivity index (χ3v) is 3.97. The number of hydrogen-bond donors (Lipinski definition) is 1. The lowest BCUT2D eigenvalue weighted by Crippen LogP contribution is -2.20. The fraction of sp³-hybridized carbons (Fsp3) is 0.143. The van der Waals surface area contributed by atoms with Crippen LogP contribution in [0.25, 0.3) is 10.8 Å². The highest BCUT2D eigenvalue weighted by Gasteiger charge is 2.08. The SMILES string of the molecule is C=CCC(NCc1ccc2ccccc2c1)c1ccccc1. The molecule has 3 aromatic carbocycles. The average Bonchev–Trinajstić information content (AvgIpc) is 2.59. The molecule has 0 aromatic heterocycles. The van der Waals surface area contributed by atoms with E-state index in [4.69, 9.17) is 0 Å². The summed E-state index contributed by atoms with van der Waals surface area (Å²) in [6.45, 7) is 4.74. The maximum Gasteiger partial charge on any atom is 0.0357 e. The van der Waals surface area contributed by atoms with Crippen LogP contribution in [0.3, 0.4) is 0 Å². The number of nitrogens with one attached hydrogen (secondary N) is 1. The summed E-state index contributed by atoms with van der Waals surface area (Å²) in [5.41, 5.74) is 2.62. The van der Waals surface area contributed by atoms with Gasteiger partial charge in [-0.25, -0.2) is 0 Å². The highest BCUT2D eigenvalue weighted by atomic mass is 14.9. The van der Waals surface area contributed by atoms with Crippen LogP contribution in [0, 0.1) is 0 Å². The van der Waals surface area contributed by atoms with Crippen LogP contribution in [-0.2, 0) is 6.54 Å². The van der Waals surface area contributed by atoms with Gasteiger partial charge in [0.1, 0.15) is 0 Å². The fourth-order valence-corrected chi connectivity index (χ4v) is 2.78. The molecular formula is C21H21N. The molecule has 0 bridgehead atoms. The summed E-state index contributed by atoms with van der Waals surface area (Å²) in [7, 11) is 0. The topological polar surface area (TPSA) is 12.0 Å². The van der Waals surface area contributed by atoms with Crippen LogP contribution in [0.4, 0.5) is 0 Å². The van der Waals surface area contributed by atoms with Crippen LogP contribution in [0.5, 0.6) is 0 Å². The van der Waals surface area contributed by atoms with Gasteiger partial charge in [-0.15, -0.1) is 6.58 Å². The van der Waals surface area contributed by atoms with Gasteiger partial charge in [0, 0.05) is 12.6 Å². The van der Waals surface area contributed by atoms with E-state index in [2.05, 4.69) is 84.7 Å². The van der Waals surface area contributed by atoms with Gasteiger partial charge in [0.25, 0.3) is 0 Å². The molecular weight excluding hydrogens is 266 g/mol. The zero-order valence-electron chi connectivity index (χ0n) is 12.7. The maximum atomic E-state index is 3.88. The molecule has 3 aromatic rings. The van der Waals surface area contributed by atoms with Crippen molar-refractivity contribution in [2.45, 2.75) is 19.0 Å². The molecule has 1 unspecified atom stereocenters. The Morgan fingerprint density at radius 1 is 0.864 bits per heavy atom. The third kappa shape index (κ3) is 3.44. The minimum atomic E-state index is 0.310. The predicted molar refractivity (Wildman–Crippen MR) is 94.8 cm³/mol. The Hall–Kier alpha value is -2.38. The Bertz CT molecular complexity index is 746. The Balaban J connectivity index is 1.74. The lowest BCUT2D eigenvalue weighted by molar-refractivity contribution is 0.539. The molecule has 1 nitrogen and oxygen atoms in total. The number of rotatable bonds is 6. The van der Waals surface area contributed by atoms with Crippen LogP contribution < -0.4 is 5.32 Å². The summed E-state index contributed by atoms with van der Waals surface area (Å²) < 4.78 is 0. The Morgan fingerprint density at radius 3 is 2.36 bits per heavy atom. The van der Waals surface area contributed by atoms with Crippen LogP contribution in [-0.4, -0.2) is 0 Å². The van der Waals surface area contributed by atoms with Gasteiger partial charge >= 0.3 is 0 Å². The molecule has 0 amide bonds. The van der Waals surface area contributed by atoms with Crippen LogP contribution in [0.1, 0.15) is 23.6 Å². The van der Waals surface area contributed by atoms with Crippen molar-refractivity contribution in [2.75, 3.05) is 0 Å². The monoisotopic (exact) mass is 287 g/mol. The molecule has 1 N–H and O–H groups in total. The van der Waals surface area contributed by atoms with Crippen LogP contribution in [0.15, 0.2) is 85.5 Å². The van der Waals surface area contributed by atoms with Gasteiger partial charge in [-0.05, 0) is 34.4 Å². The molecule has 0 aliphatic heterocycles. The first-order valence-electron chi connectivity index (χ1n) is 7.74. The largest absolute Gasteiger partial charge is 0.306 e. The second-order valence-electron chi connectivity index (χ2n) is 5.55. The predicted octanol–water partition coefficient (Wildman–Crippen LogP) is 5.25. The molecule has 0 radical (unpaired) electrons. The Kier molecular flexibility index (Phi) is 4.67. The minimum absolute atomic E-state index is 0.310. The van der Waals surface area contributed by atoms with Crippen molar-refractivity contribution in [3.8, 4) is 0 Å². The van der Waals surface area contributed by atoms with Crippen molar-refractivity contribution < 1.29 is 0 Å². The summed E-state index contributed by atoms with van der Waals surface area (Å²) in [5.74, 6) is 0. The van der Waals surface area contributed by atoms with Gasteiger partial charge in [-0.3, -0.25) is 0 Å². The molecule has 22 heavy (non-hydrogen) atoms. The van der Waals surface area contributed by atoms with Crippen LogP contribution >= 0.6 is 0 Å². The standard InChI is InChI=1S/C21H21N/c1-2-8-21(19-10-4-3-5-11-19)22-16-17-13-14-18-9-6-7-12-20(18)15-17/h2-7,9-15,21-22H,1,8,16H2. The second kappa shape index (κ2) is 7.06. The summed E-state index contributed by atoms with van der Waals surface area (Å²) >= 11 is 0. The van der Waals surface area contributed by atoms with Gasteiger partial charge in [0.05, 0.1) is 0 Å². The minimum Gasteiger partial charge on any atom is -0.306 e. The van der Waals surface area contributed by atoms with Crippen molar-refractivity contribution in [3.63, 3.8) is 0 Å². The quantitative estimate of drug-likeness (QED) is 0.611. The van der Waals surface area contributed by atoms with Crippen LogP contribution in [0.2, 0.25) is 0 Å². The van der Waals surface area contributed by atoms with Crippen molar-refractivity contribution >= 4 is 10.8 Å². The zero-order valence-corrected chi connectivity index (χ0v) is 12.7. The van der Waals surface area contributed by atoms with Crippen molar-refractivity contribution in [1.82, 2.24) is 5.32 Å². The first-order valence-corrected chi connectivity index (χ1v) is 7.74. The van der Waals surface area contributed by atoms with E-state index in [-0.39, 0.29) is 0 Å². The first kappa shape index (κ1) is 14.6. The summed E-state index contributed by atoms with van der Waals surface area (Å²) in [4.78, 5) is 0. The van der Waals surface area contributed by atoms with Gasteiger partial charge in [0.15, 0.2) is 0 Å². The molecule has 0 heterocycles. The number of fused-ring (bicyclic) bond motifs is 1. The molecule has 0 fully saturated rings. The summed E-state index contributed by atoms with van der Waals surface area (Å²) in [6, 6.07) is 26.0. The lowest BCUT2D eigenvalue weighted by atomic mass is 10.0. The van der Waals surface area contributed by atoms with E-state index in [1.54, 1.807) is 0 Å². The second-order valence-corrected chi connectivity index (χ2v) is 5.55. The maximum absolute atomic E-state index is 3.88. The van der Waals surface area contributed by atoms with E-state index >= 15 is 0 Å². The molecule has 110 valence electrons. The smallest absolute Gasteiger partial charge is 0.0357 e. The number of benzene rings is 3. The highest BCUT2D eigenvalue weighted by molar-refractivity contribution is 5.82. The third-order valence-electron chi connectivity index (χ3n) is 3.97. The molecule has 3 rings (SSSR count). The van der Waals surface area contributed by atoms with Gasteiger partial charge in [-0.2, -0.15) is 0 Å². The summed E-state index contributed by atoms with van der Waals surface area (Å²) in [6.07, 6.45) is 2.91. The van der Waals surface area contributed by atoms with Gasteiger partial charge in [-0.1, -0.05) is 72.8 Å². The van der Waals surface area contributed by atoms with E-state index in [0.717, 1.165) is 13.0 Å². The lowest BCUT2D eigenvalue weighted by Gasteiger charge is -2.18. The fourth-order valence-electron chi connectivity index (χ4n) is 2.78. The normalized spacial score (nSPS) is 12.2. The van der Waals surface area contributed by atoms with Gasteiger partial charge in [0.2, 0.25) is 0 Å². The van der Waals surface area contributed by atoms with E-state index in [9.17, 15) is 0 Å². The molecule has 1 heteroatoms. The van der Waals surface area contributed by atoms with E-state index in [0.29, 0.717) is 6.04 Å². The Morgan fingerprint density at radius 2 is 1.59 bits per heavy atom. The van der Waals surface area contributed by atoms with E-state index in [1.807, 2.05) is 6.08 Å². The van der Waals surface area contributed by atoms with Crippen molar-refractivity contribution in [1.29, 1.82) is 0 Å². The van der Waals surface area contributed by atoms with Crippen molar-refractivity contribution in [2.24, 2.45) is 0 Å². The zero-order chi connectivity index (χ0) is 15.2. The highest BCUT2D eigenvalue weighted by Crippen LogP contribution is 2.19. The molecule has 0 spiro atoms. The molecule has 0 saturated heterocycles. The van der Waals surface area contributed by atoms with E-state index < -0.39 is 0 Å². The van der Waals surface area contributed by atoms with E-state index in [1.165, 1.54) is 21.9 Å². The van der Waals surface area contributed by atoms with Gasteiger partial charge < -0.3 is 5.32 Å². The molecule has 0 aliphatic rings. The van der Waals surface area contributed by atoms with Crippen molar-refractivity contribution in [3.05, 3.63) is 96.6 Å². The first-order chi connectivity index (χ1) is 10.9. The Labute approximate surface area is 132 Å². The summed E-state index contributed by atoms with van der Waals surface area (Å²) in [5, 5.41) is 6.23. The molecule has 1 atom stereocenters. The molecule has 0 aliphatic carbocycles.